The SMILES string of the molecule is CC(C)(C)OC(=O)N1CCN(C(=O)c2ccc(Br)c(F)c2)C2(CC2)C1. The summed E-state index contributed by atoms with van der Waals surface area (Å²) in [4.78, 5) is 28.6. The minimum atomic E-state index is -0.546. The molecule has 2 fully saturated rings. The third kappa shape index (κ3) is 3.81. The number of carbonyl (C=O) groups excluding carboxylic acids is 2. The maximum absolute atomic E-state index is 13.8. The summed E-state index contributed by atoms with van der Waals surface area (Å²) in [6.07, 6.45) is 1.34. The zero-order valence-corrected chi connectivity index (χ0v) is 16.2. The lowest BCUT2D eigenvalue weighted by Gasteiger charge is -2.42. The molecule has 1 saturated heterocycles. The lowest BCUT2D eigenvalue weighted by molar-refractivity contribution is 0.000629. The molecular weight excluding hydrogens is 391 g/mol. The summed E-state index contributed by atoms with van der Waals surface area (Å²) in [6, 6.07) is 4.41. The highest BCUT2D eigenvalue weighted by atomic mass is 79.9. The molecule has 0 N–H and O–H groups in total. The van der Waals surface area contributed by atoms with Crippen LogP contribution < -0.4 is 0 Å². The van der Waals surface area contributed by atoms with Crippen molar-refractivity contribution in [2.45, 2.75) is 44.8 Å². The highest BCUT2D eigenvalue weighted by Gasteiger charge is 2.54. The van der Waals surface area contributed by atoms with Gasteiger partial charge in [0.25, 0.3) is 5.91 Å². The number of piperazine rings is 1. The van der Waals surface area contributed by atoms with Crippen LogP contribution in [0.15, 0.2) is 22.7 Å². The summed E-state index contributed by atoms with van der Waals surface area (Å²) in [6.45, 7) is 6.81. The Balaban J connectivity index is 1.73. The highest BCUT2D eigenvalue weighted by molar-refractivity contribution is 9.10. The third-order valence-electron chi connectivity index (χ3n) is 4.54. The fourth-order valence-electron chi connectivity index (χ4n) is 3.13. The normalized spacial score (nSPS) is 19.1. The van der Waals surface area contributed by atoms with Gasteiger partial charge in [-0.1, -0.05) is 0 Å². The highest BCUT2D eigenvalue weighted by Crippen LogP contribution is 2.45. The van der Waals surface area contributed by atoms with Crippen LogP contribution in [0.3, 0.4) is 0 Å². The predicted octanol–water partition coefficient (Wildman–Crippen LogP) is 3.81. The van der Waals surface area contributed by atoms with E-state index in [2.05, 4.69) is 15.9 Å². The van der Waals surface area contributed by atoms with Crippen molar-refractivity contribution >= 4 is 27.9 Å². The minimum Gasteiger partial charge on any atom is -0.444 e. The van der Waals surface area contributed by atoms with Crippen molar-refractivity contribution in [3.05, 3.63) is 34.1 Å². The van der Waals surface area contributed by atoms with Gasteiger partial charge in [-0.05, 0) is 67.7 Å². The smallest absolute Gasteiger partial charge is 0.410 e. The summed E-state index contributed by atoms with van der Waals surface area (Å²) < 4.78 is 19.5. The molecule has 0 radical (unpaired) electrons. The largest absolute Gasteiger partial charge is 0.444 e. The molecule has 2 aliphatic rings. The van der Waals surface area contributed by atoms with Gasteiger partial charge in [0.05, 0.1) is 10.0 Å². The molecule has 1 aromatic rings. The summed E-state index contributed by atoms with van der Waals surface area (Å²) in [7, 11) is 0. The number of hydrogen-bond donors (Lipinski definition) is 0. The first-order valence-corrected chi connectivity index (χ1v) is 9.16. The van der Waals surface area contributed by atoms with Crippen molar-refractivity contribution in [2.24, 2.45) is 0 Å². The van der Waals surface area contributed by atoms with Gasteiger partial charge in [-0.2, -0.15) is 0 Å². The fourth-order valence-corrected chi connectivity index (χ4v) is 3.38. The third-order valence-corrected chi connectivity index (χ3v) is 5.18. The standard InChI is InChI=1S/C18H22BrFN2O3/c1-17(2,3)25-16(24)21-8-9-22(18(11-21)6-7-18)15(23)12-4-5-13(19)14(20)10-12/h4-5,10H,6-9,11H2,1-3H3. The van der Waals surface area contributed by atoms with Crippen molar-refractivity contribution in [1.82, 2.24) is 9.80 Å². The van der Waals surface area contributed by atoms with Crippen molar-refractivity contribution in [2.75, 3.05) is 19.6 Å². The van der Waals surface area contributed by atoms with Crippen molar-refractivity contribution in [3.8, 4) is 0 Å². The Hall–Kier alpha value is -1.63. The zero-order chi connectivity index (χ0) is 18.4. The van der Waals surface area contributed by atoms with E-state index in [4.69, 9.17) is 4.74 Å². The Labute approximate surface area is 155 Å². The van der Waals surface area contributed by atoms with E-state index in [9.17, 15) is 14.0 Å². The molecule has 1 aliphatic carbocycles. The number of amides is 2. The van der Waals surface area contributed by atoms with Gasteiger partial charge in [0.2, 0.25) is 0 Å². The molecule has 7 heteroatoms. The number of ether oxygens (including phenoxy) is 1. The second kappa shape index (κ2) is 6.27. The van der Waals surface area contributed by atoms with Gasteiger partial charge in [0.15, 0.2) is 0 Å². The van der Waals surface area contributed by atoms with Crippen LogP contribution in [0.25, 0.3) is 0 Å². The fraction of sp³-hybridized carbons (Fsp3) is 0.556. The van der Waals surface area contributed by atoms with Crippen LogP contribution in [0.1, 0.15) is 44.0 Å². The molecular formula is C18H22BrFN2O3. The Morgan fingerprint density at radius 2 is 1.92 bits per heavy atom. The number of rotatable bonds is 1. The van der Waals surface area contributed by atoms with Gasteiger partial charge in [-0.15, -0.1) is 0 Å². The summed E-state index contributed by atoms with van der Waals surface area (Å²) in [5.74, 6) is -0.643. The summed E-state index contributed by atoms with van der Waals surface area (Å²) in [5.41, 5.74) is -0.552. The molecule has 1 saturated carbocycles. The molecule has 2 amide bonds. The van der Waals surface area contributed by atoms with Gasteiger partial charge < -0.3 is 14.5 Å². The van der Waals surface area contributed by atoms with E-state index in [-0.39, 0.29) is 17.5 Å². The van der Waals surface area contributed by atoms with E-state index >= 15 is 0 Å². The molecule has 5 nitrogen and oxygen atoms in total. The van der Waals surface area contributed by atoms with E-state index in [1.165, 1.54) is 6.07 Å². The molecule has 1 spiro atoms. The number of halogens is 2. The number of carbonyl (C=O) groups is 2. The second-order valence-electron chi connectivity index (χ2n) is 7.71. The Kier molecular flexibility index (Phi) is 4.56. The molecule has 0 unspecified atom stereocenters. The first-order chi connectivity index (χ1) is 11.6. The molecule has 0 atom stereocenters. The van der Waals surface area contributed by atoms with Crippen LogP contribution in [0.5, 0.6) is 0 Å². The van der Waals surface area contributed by atoms with E-state index in [1.807, 2.05) is 20.8 Å². The Morgan fingerprint density at radius 1 is 1.24 bits per heavy atom. The van der Waals surface area contributed by atoms with Crippen LogP contribution in [-0.2, 0) is 4.74 Å². The van der Waals surface area contributed by atoms with Crippen LogP contribution in [0, 0.1) is 5.82 Å². The lowest BCUT2D eigenvalue weighted by Crippen LogP contribution is -2.58. The molecule has 0 aromatic heterocycles. The zero-order valence-electron chi connectivity index (χ0n) is 14.6. The van der Waals surface area contributed by atoms with Gasteiger partial charge in [0, 0.05) is 25.2 Å². The lowest BCUT2D eigenvalue weighted by atomic mass is 10.1. The summed E-state index contributed by atoms with van der Waals surface area (Å²) in [5, 5.41) is 0. The predicted molar refractivity (Wildman–Crippen MR) is 94.9 cm³/mol. The summed E-state index contributed by atoms with van der Waals surface area (Å²) >= 11 is 3.10. The molecule has 3 rings (SSSR count). The van der Waals surface area contributed by atoms with Crippen LogP contribution in [-0.4, -0.2) is 52.6 Å². The maximum atomic E-state index is 13.8. The molecule has 1 aliphatic heterocycles. The molecule has 0 bridgehead atoms. The quantitative estimate of drug-likeness (QED) is 0.704. The molecule has 1 aromatic carbocycles. The maximum Gasteiger partial charge on any atom is 0.410 e. The second-order valence-corrected chi connectivity index (χ2v) is 8.57. The molecule has 25 heavy (non-hydrogen) atoms. The van der Waals surface area contributed by atoms with E-state index < -0.39 is 11.4 Å². The molecule has 1 heterocycles. The number of hydrogen-bond acceptors (Lipinski definition) is 3. The van der Waals surface area contributed by atoms with Crippen molar-refractivity contribution < 1.29 is 18.7 Å². The first kappa shape index (κ1) is 18.2. The van der Waals surface area contributed by atoms with Crippen molar-refractivity contribution in [3.63, 3.8) is 0 Å². The monoisotopic (exact) mass is 412 g/mol. The number of benzene rings is 1. The average Bonchev–Trinajstić information content (AvgIpc) is 3.27. The van der Waals surface area contributed by atoms with E-state index in [0.717, 1.165) is 12.8 Å². The van der Waals surface area contributed by atoms with E-state index in [1.54, 1.807) is 21.9 Å². The Morgan fingerprint density at radius 3 is 2.48 bits per heavy atom. The first-order valence-electron chi connectivity index (χ1n) is 8.36. The van der Waals surface area contributed by atoms with Crippen LogP contribution in [0.4, 0.5) is 9.18 Å². The Bertz CT molecular complexity index is 713. The average molecular weight is 413 g/mol. The molecule has 136 valence electrons. The van der Waals surface area contributed by atoms with Gasteiger partial charge in [-0.25, -0.2) is 9.18 Å². The van der Waals surface area contributed by atoms with Crippen molar-refractivity contribution in [1.29, 1.82) is 0 Å². The van der Waals surface area contributed by atoms with Gasteiger partial charge in [-0.3, -0.25) is 4.79 Å². The van der Waals surface area contributed by atoms with Crippen LogP contribution >= 0.6 is 15.9 Å². The topological polar surface area (TPSA) is 49.9 Å². The number of nitrogens with zero attached hydrogens (tertiary/aromatic N) is 2. The van der Waals surface area contributed by atoms with Gasteiger partial charge in [0.1, 0.15) is 11.4 Å². The van der Waals surface area contributed by atoms with Gasteiger partial charge >= 0.3 is 6.09 Å². The van der Waals surface area contributed by atoms with Crippen LogP contribution in [0.2, 0.25) is 0 Å². The van der Waals surface area contributed by atoms with E-state index in [0.29, 0.717) is 29.7 Å². The minimum absolute atomic E-state index is 0.187.